The van der Waals surface area contributed by atoms with Crippen LogP contribution in [0.3, 0.4) is 0 Å². The predicted octanol–water partition coefficient (Wildman–Crippen LogP) is 4.26. The highest BCUT2D eigenvalue weighted by Gasteiger charge is 2.20. The molecule has 0 aliphatic rings. The lowest BCUT2D eigenvalue weighted by Crippen LogP contribution is -2.36. The summed E-state index contributed by atoms with van der Waals surface area (Å²) in [5, 5.41) is 6.03. The van der Waals surface area contributed by atoms with Gasteiger partial charge in [-0.1, -0.05) is 40.9 Å². The lowest BCUT2D eigenvalue weighted by Gasteiger charge is -2.15. The summed E-state index contributed by atoms with van der Waals surface area (Å²) in [5.41, 5.74) is 1.50. The average Bonchev–Trinajstić information content (AvgIpc) is 2.62. The normalized spacial score (nSPS) is 11.5. The smallest absolute Gasteiger partial charge is 0.326 e. The molecule has 2 rings (SSSR count). The van der Waals surface area contributed by atoms with E-state index in [2.05, 4.69) is 10.6 Å². The zero-order chi connectivity index (χ0) is 20.8. The summed E-state index contributed by atoms with van der Waals surface area (Å²) in [6.45, 7) is 2.80. The molecule has 0 fully saturated rings. The first-order chi connectivity index (χ1) is 13.2. The Bertz CT molecular complexity index is 918. The lowest BCUT2D eigenvalue weighted by molar-refractivity contribution is -0.152. The number of ether oxygens (including phenoxy) is 1. The van der Waals surface area contributed by atoms with E-state index < -0.39 is 30.4 Å². The van der Waals surface area contributed by atoms with Gasteiger partial charge in [0, 0.05) is 15.7 Å². The number of anilines is 1. The number of nitrogens with one attached hydrogen (secondary N) is 2. The largest absolute Gasteiger partial charge is 0.451 e. The van der Waals surface area contributed by atoms with E-state index in [1.807, 2.05) is 0 Å². The van der Waals surface area contributed by atoms with E-state index in [1.165, 1.54) is 25.1 Å². The minimum Gasteiger partial charge on any atom is -0.451 e. The summed E-state index contributed by atoms with van der Waals surface area (Å²) in [4.78, 5) is 36.2. The van der Waals surface area contributed by atoms with Crippen molar-refractivity contribution in [1.29, 1.82) is 0 Å². The second-order valence-electron chi connectivity index (χ2n) is 5.89. The fraction of sp³-hybridized carbons (Fsp3) is 0.211. The van der Waals surface area contributed by atoms with Crippen molar-refractivity contribution < 1.29 is 19.1 Å². The second kappa shape index (κ2) is 9.78. The molecule has 0 aliphatic heterocycles. The van der Waals surface area contributed by atoms with E-state index in [-0.39, 0.29) is 10.6 Å². The molecule has 0 aliphatic carbocycles. The van der Waals surface area contributed by atoms with Gasteiger partial charge in [0.2, 0.25) is 0 Å². The molecule has 0 saturated heterocycles. The van der Waals surface area contributed by atoms with Gasteiger partial charge in [-0.3, -0.25) is 14.4 Å². The van der Waals surface area contributed by atoms with Crippen LogP contribution in [0, 0.1) is 6.92 Å². The number of hydrogen-bond donors (Lipinski definition) is 2. The van der Waals surface area contributed by atoms with Crippen molar-refractivity contribution >= 4 is 58.3 Å². The van der Waals surface area contributed by atoms with Gasteiger partial charge in [0.1, 0.15) is 6.54 Å². The Morgan fingerprint density at radius 2 is 1.68 bits per heavy atom. The van der Waals surface area contributed by atoms with Gasteiger partial charge in [-0.2, -0.15) is 0 Å². The molecule has 0 aromatic heterocycles. The first kappa shape index (κ1) is 22.0. The van der Waals surface area contributed by atoms with E-state index in [4.69, 9.17) is 39.5 Å². The first-order valence-electron chi connectivity index (χ1n) is 8.17. The molecule has 9 heteroatoms. The standard InChI is InChI=1S/C19H17Cl3N2O4/c1-10-3-4-13(21)8-16(10)24-18(26)11(2)28-17(25)9-23-19(27)14-6-5-12(20)7-15(14)22/h3-8,11H,9H2,1-2H3,(H,23,27)(H,24,26). The molecule has 0 spiro atoms. The predicted molar refractivity (Wildman–Crippen MR) is 109 cm³/mol. The van der Waals surface area contributed by atoms with Gasteiger partial charge in [-0.05, 0) is 49.7 Å². The van der Waals surface area contributed by atoms with Crippen molar-refractivity contribution in [3.8, 4) is 0 Å². The molecule has 148 valence electrons. The molecule has 2 aromatic rings. The van der Waals surface area contributed by atoms with Gasteiger partial charge in [-0.15, -0.1) is 0 Å². The summed E-state index contributed by atoms with van der Waals surface area (Å²) in [5.74, 6) is -1.86. The zero-order valence-corrected chi connectivity index (χ0v) is 17.3. The molecule has 2 N–H and O–H groups in total. The Labute approximate surface area is 177 Å². The van der Waals surface area contributed by atoms with Gasteiger partial charge in [-0.25, -0.2) is 0 Å². The van der Waals surface area contributed by atoms with Gasteiger partial charge in [0.15, 0.2) is 6.10 Å². The van der Waals surface area contributed by atoms with Crippen molar-refractivity contribution in [3.63, 3.8) is 0 Å². The third kappa shape index (κ3) is 6.12. The fourth-order valence-corrected chi connectivity index (χ4v) is 2.84. The minimum atomic E-state index is -1.07. The van der Waals surface area contributed by atoms with Crippen LogP contribution in [-0.2, 0) is 14.3 Å². The van der Waals surface area contributed by atoms with E-state index >= 15 is 0 Å². The van der Waals surface area contributed by atoms with Gasteiger partial charge in [0.05, 0.1) is 10.6 Å². The topological polar surface area (TPSA) is 84.5 Å². The Kier molecular flexibility index (Phi) is 7.69. The maximum atomic E-state index is 12.2. The number of esters is 1. The lowest BCUT2D eigenvalue weighted by atomic mass is 10.2. The first-order valence-corrected chi connectivity index (χ1v) is 9.30. The summed E-state index contributed by atoms with van der Waals surface area (Å²) >= 11 is 17.6. The maximum absolute atomic E-state index is 12.2. The summed E-state index contributed by atoms with van der Waals surface area (Å²) in [6, 6.07) is 9.41. The number of carbonyl (C=O) groups is 3. The molecular weight excluding hydrogens is 427 g/mol. The van der Waals surface area contributed by atoms with Gasteiger partial charge < -0.3 is 15.4 Å². The summed E-state index contributed by atoms with van der Waals surface area (Å²) in [7, 11) is 0. The Morgan fingerprint density at radius 1 is 1.04 bits per heavy atom. The fourth-order valence-electron chi connectivity index (χ4n) is 2.18. The van der Waals surface area contributed by atoms with Crippen molar-refractivity contribution in [1.82, 2.24) is 5.32 Å². The number of hydrogen-bond acceptors (Lipinski definition) is 4. The van der Waals surface area contributed by atoms with Crippen molar-refractivity contribution in [2.75, 3.05) is 11.9 Å². The van der Waals surface area contributed by atoms with Crippen LogP contribution in [0.15, 0.2) is 36.4 Å². The van der Waals surface area contributed by atoms with Crippen LogP contribution in [0.5, 0.6) is 0 Å². The van der Waals surface area contributed by atoms with Crippen LogP contribution >= 0.6 is 34.8 Å². The van der Waals surface area contributed by atoms with Crippen LogP contribution in [0.25, 0.3) is 0 Å². The molecule has 0 saturated carbocycles. The molecule has 2 aromatic carbocycles. The summed E-state index contributed by atoms with van der Waals surface area (Å²) in [6.07, 6.45) is -1.07. The molecule has 6 nitrogen and oxygen atoms in total. The minimum absolute atomic E-state index is 0.156. The van der Waals surface area contributed by atoms with E-state index in [0.717, 1.165) is 5.56 Å². The molecule has 1 unspecified atom stereocenters. The quantitative estimate of drug-likeness (QED) is 0.654. The van der Waals surface area contributed by atoms with Gasteiger partial charge in [0.25, 0.3) is 11.8 Å². The van der Waals surface area contributed by atoms with E-state index in [9.17, 15) is 14.4 Å². The van der Waals surface area contributed by atoms with Crippen LogP contribution in [0.2, 0.25) is 15.1 Å². The SMILES string of the molecule is Cc1ccc(Cl)cc1NC(=O)C(C)OC(=O)CNC(=O)c1ccc(Cl)cc1Cl. The summed E-state index contributed by atoms with van der Waals surface area (Å²) < 4.78 is 5.04. The Hall–Kier alpha value is -2.28. The zero-order valence-electron chi connectivity index (χ0n) is 15.0. The van der Waals surface area contributed by atoms with Crippen molar-refractivity contribution in [2.45, 2.75) is 20.0 Å². The molecule has 28 heavy (non-hydrogen) atoms. The Morgan fingerprint density at radius 3 is 2.36 bits per heavy atom. The molecule has 0 bridgehead atoms. The third-order valence-electron chi connectivity index (χ3n) is 3.70. The van der Waals surface area contributed by atoms with E-state index in [1.54, 1.807) is 25.1 Å². The molecule has 0 heterocycles. The molecular formula is C19H17Cl3N2O4. The van der Waals surface area contributed by atoms with Crippen molar-refractivity contribution in [2.24, 2.45) is 0 Å². The van der Waals surface area contributed by atoms with Crippen molar-refractivity contribution in [3.05, 3.63) is 62.6 Å². The number of carbonyl (C=O) groups excluding carboxylic acids is 3. The van der Waals surface area contributed by atoms with Crippen LogP contribution < -0.4 is 10.6 Å². The van der Waals surface area contributed by atoms with E-state index in [0.29, 0.717) is 15.7 Å². The number of aryl methyl sites for hydroxylation is 1. The number of amides is 2. The maximum Gasteiger partial charge on any atom is 0.326 e. The molecule has 1 atom stereocenters. The highest BCUT2D eigenvalue weighted by Crippen LogP contribution is 2.21. The molecule has 0 radical (unpaired) electrons. The number of halogens is 3. The highest BCUT2D eigenvalue weighted by atomic mass is 35.5. The molecule has 2 amide bonds. The average molecular weight is 444 g/mol. The highest BCUT2D eigenvalue weighted by molar-refractivity contribution is 6.36. The Balaban J connectivity index is 1.87. The van der Waals surface area contributed by atoms with Gasteiger partial charge >= 0.3 is 5.97 Å². The number of rotatable bonds is 6. The van der Waals surface area contributed by atoms with Crippen LogP contribution in [0.4, 0.5) is 5.69 Å². The monoisotopic (exact) mass is 442 g/mol. The second-order valence-corrected chi connectivity index (χ2v) is 7.17. The number of benzene rings is 2. The van der Waals surface area contributed by atoms with Crippen LogP contribution in [-0.4, -0.2) is 30.4 Å². The third-order valence-corrected chi connectivity index (χ3v) is 4.49. The van der Waals surface area contributed by atoms with Crippen LogP contribution in [0.1, 0.15) is 22.8 Å².